The van der Waals surface area contributed by atoms with Crippen LogP contribution < -0.4 is 5.32 Å². The minimum Gasteiger partial charge on any atom is -0.336 e. The molecule has 0 aliphatic heterocycles. The van der Waals surface area contributed by atoms with E-state index in [4.69, 9.17) is 0 Å². The topological polar surface area (TPSA) is 29.9 Å². The van der Waals surface area contributed by atoms with Crippen LogP contribution in [-0.2, 0) is 13.5 Å². The normalized spacial score (nSPS) is 12.4. The SMILES string of the molecule is Cn1ccnc1C(NCCc1ccccc1)c1cccs1. The molecule has 3 nitrogen and oxygen atoms in total. The standard InChI is InChI=1S/C17H19N3S/c1-20-12-11-19-17(20)16(15-8-5-13-21-15)18-10-9-14-6-3-2-4-7-14/h2-8,11-13,16,18H,9-10H2,1H3. The van der Waals surface area contributed by atoms with Crippen molar-refractivity contribution in [3.63, 3.8) is 0 Å². The molecule has 0 amide bonds. The average Bonchev–Trinajstić information content (AvgIpc) is 3.17. The van der Waals surface area contributed by atoms with Gasteiger partial charge in [-0.2, -0.15) is 0 Å². The van der Waals surface area contributed by atoms with Crippen LogP contribution in [0.3, 0.4) is 0 Å². The Morgan fingerprint density at radius 2 is 2.05 bits per heavy atom. The van der Waals surface area contributed by atoms with E-state index in [0.29, 0.717) is 0 Å². The van der Waals surface area contributed by atoms with Crippen LogP contribution in [0, 0.1) is 0 Å². The number of hydrogen-bond acceptors (Lipinski definition) is 3. The Morgan fingerprint density at radius 1 is 1.19 bits per heavy atom. The maximum absolute atomic E-state index is 4.50. The molecule has 1 atom stereocenters. The summed E-state index contributed by atoms with van der Waals surface area (Å²) < 4.78 is 2.08. The first-order valence-electron chi connectivity index (χ1n) is 7.12. The van der Waals surface area contributed by atoms with Crippen LogP contribution in [0.15, 0.2) is 60.2 Å². The van der Waals surface area contributed by atoms with Crippen molar-refractivity contribution in [1.82, 2.24) is 14.9 Å². The van der Waals surface area contributed by atoms with E-state index >= 15 is 0 Å². The average molecular weight is 297 g/mol. The molecule has 1 N–H and O–H groups in total. The monoisotopic (exact) mass is 297 g/mol. The summed E-state index contributed by atoms with van der Waals surface area (Å²) in [6.07, 6.45) is 4.87. The molecule has 1 unspecified atom stereocenters. The van der Waals surface area contributed by atoms with E-state index in [-0.39, 0.29) is 6.04 Å². The van der Waals surface area contributed by atoms with Crippen molar-refractivity contribution >= 4 is 11.3 Å². The van der Waals surface area contributed by atoms with E-state index in [0.717, 1.165) is 18.8 Å². The lowest BCUT2D eigenvalue weighted by Gasteiger charge is -2.17. The summed E-state index contributed by atoms with van der Waals surface area (Å²) in [6.45, 7) is 0.930. The van der Waals surface area contributed by atoms with Gasteiger partial charge >= 0.3 is 0 Å². The number of benzene rings is 1. The predicted molar refractivity (Wildman–Crippen MR) is 87.5 cm³/mol. The predicted octanol–water partition coefficient (Wildman–Crippen LogP) is 3.40. The first-order valence-corrected chi connectivity index (χ1v) is 8.00. The van der Waals surface area contributed by atoms with Crippen LogP contribution in [-0.4, -0.2) is 16.1 Å². The van der Waals surface area contributed by atoms with Crippen LogP contribution in [0.4, 0.5) is 0 Å². The van der Waals surface area contributed by atoms with E-state index in [1.807, 2.05) is 19.4 Å². The molecule has 21 heavy (non-hydrogen) atoms. The van der Waals surface area contributed by atoms with Gasteiger partial charge in [-0.15, -0.1) is 11.3 Å². The lowest BCUT2D eigenvalue weighted by molar-refractivity contribution is 0.567. The summed E-state index contributed by atoms with van der Waals surface area (Å²) in [6, 6.07) is 15.0. The Labute approximate surface area is 129 Å². The highest BCUT2D eigenvalue weighted by atomic mass is 32.1. The van der Waals surface area contributed by atoms with E-state index in [2.05, 4.69) is 62.7 Å². The van der Waals surface area contributed by atoms with Gasteiger partial charge in [0.05, 0.1) is 0 Å². The number of imidazole rings is 1. The lowest BCUT2D eigenvalue weighted by Crippen LogP contribution is -2.26. The number of aromatic nitrogens is 2. The zero-order valence-electron chi connectivity index (χ0n) is 12.1. The molecular formula is C17H19N3S. The molecule has 4 heteroatoms. The van der Waals surface area contributed by atoms with E-state index in [1.54, 1.807) is 11.3 Å². The van der Waals surface area contributed by atoms with E-state index in [1.165, 1.54) is 10.4 Å². The van der Waals surface area contributed by atoms with Crippen LogP contribution in [0.25, 0.3) is 0 Å². The first-order chi connectivity index (χ1) is 10.3. The number of rotatable bonds is 6. The van der Waals surface area contributed by atoms with Gasteiger partial charge in [0.1, 0.15) is 11.9 Å². The van der Waals surface area contributed by atoms with Gasteiger partial charge in [-0.1, -0.05) is 36.4 Å². The number of aryl methyl sites for hydroxylation is 1. The molecular weight excluding hydrogens is 278 g/mol. The quantitative estimate of drug-likeness (QED) is 0.755. The molecule has 3 rings (SSSR count). The van der Waals surface area contributed by atoms with Gasteiger partial charge in [0.25, 0.3) is 0 Å². The van der Waals surface area contributed by atoms with Crippen molar-refractivity contribution in [2.24, 2.45) is 7.05 Å². The Kier molecular flexibility index (Phi) is 4.48. The zero-order valence-corrected chi connectivity index (χ0v) is 12.9. The second-order valence-electron chi connectivity index (χ2n) is 5.03. The summed E-state index contributed by atoms with van der Waals surface area (Å²) in [5.41, 5.74) is 1.36. The minimum atomic E-state index is 0.161. The van der Waals surface area contributed by atoms with Crippen molar-refractivity contribution in [3.8, 4) is 0 Å². The van der Waals surface area contributed by atoms with Crippen LogP contribution in [0.2, 0.25) is 0 Å². The minimum absolute atomic E-state index is 0.161. The van der Waals surface area contributed by atoms with Crippen molar-refractivity contribution in [2.75, 3.05) is 6.54 Å². The maximum atomic E-state index is 4.50. The Morgan fingerprint density at radius 3 is 2.71 bits per heavy atom. The molecule has 3 aromatic rings. The van der Waals surface area contributed by atoms with Gasteiger partial charge in [-0.05, 0) is 23.4 Å². The first kappa shape index (κ1) is 14.0. The van der Waals surface area contributed by atoms with Gasteiger partial charge in [0.2, 0.25) is 0 Å². The fraction of sp³-hybridized carbons (Fsp3) is 0.235. The van der Waals surface area contributed by atoms with Gasteiger partial charge in [0, 0.05) is 30.9 Å². The molecule has 0 fully saturated rings. The summed E-state index contributed by atoms with van der Waals surface area (Å²) >= 11 is 1.77. The molecule has 0 saturated heterocycles. The highest BCUT2D eigenvalue weighted by molar-refractivity contribution is 7.10. The summed E-state index contributed by atoms with van der Waals surface area (Å²) in [7, 11) is 2.04. The Bertz CT molecular complexity index is 658. The number of nitrogens with zero attached hydrogens (tertiary/aromatic N) is 2. The molecule has 0 saturated carbocycles. The molecule has 0 aliphatic rings. The lowest BCUT2D eigenvalue weighted by atomic mass is 10.1. The highest BCUT2D eigenvalue weighted by Crippen LogP contribution is 2.24. The van der Waals surface area contributed by atoms with Gasteiger partial charge in [0.15, 0.2) is 0 Å². The second-order valence-corrected chi connectivity index (χ2v) is 6.01. The van der Waals surface area contributed by atoms with Crippen molar-refractivity contribution in [2.45, 2.75) is 12.5 Å². The van der Waals surface area contributed by atoms with Crippen molar-refractivity contribution in [3.05, 3.63) is 76.5 Å². The Balaban J connectivity index is 1.70. The fourth-order valence-electron chi connectivity index (χ4n) is 2.44. The molecule has 1 aromatic carbocycles. The third kappa shape index (κ3) is 3.40. The number of thiophene rings is 1. The molecule has 0 aliphatic carbocycles. The summed E-state index contributed by atoms with van der Waals surface area (Å²) in [5, 5.41) is 5.76. The fourth-order valence-corrected chi connectivity index (χ4v) is 3.23. The molecule has 108 valence electrons. The van der Waals surface area contributed by atoms with Crippen LogP contribution in [0.1, 0.15) is 22.3 Å². The summed E-state index contributed by atoms with van der Waals surface area (Å²) in [5.74, 6) is 1.06. The molecule has 0 bridgehead atoms. The van der Waals surface area contributed by atoms with Crippen LogP contribution >= 0.6 is 11.3 Å². The maximum Gasteiger partial charge on any atom is 0.131 e. The second kappa shape index (κ2) is 6.70. The van der Waals surface area contributed by atoms with E-state index < -0.39 is 0 Å². The third-order valence-electron chi connectivity index (χ3n) is 3.55. The van der Waals surface area contributed by atoms with Gasteiger partial charge in [-0.25, -0.2) is 4.98 Å². The number of nitrogens with one attached hydrogen (secondary N) is 1. The van der Waals surface area contributed by atoms with Crippen molar-refractivity contribution in [1.29, 1.82) is 0 Å². The number of hydrogen-bond donors (Lipinski definition) is 1. The van der Waals surface area contributed by atoms with Gasteiger partial charge < -0.3 is 9.88 Å². The Hall–Kier alpha value is -1.91. The van der Waals surface area contributed by atoms with Crippen molar-refractivity contribution < 1.29 is 0 Å². The summed E-state index contributed by atoms with van der Waals surface area (Å²) in [4.78, 5) is 5.81. The smallest absolute Gasteiger partial charge is 0.131 e. The molecule has 0 radical (unpaired) electrons. The highest BCUT2D eigenvalue weighted by Gasteiger charge is 2.18. The molecule has 0 spiro atoms. The molecule has 2 heterocycles. The largest absolute Gasteiger partial charge is 0.336 e. The van der Waals surface area contributed by atoms with Gasteiger partial charge in [-0.3, -0.25) is 0 Å². The molecule has 2 aromatic heterocycles. The zero-order chi connectivity index (χ0) is 14.5. The third-order valence-corrected chi connectivity index (χ3v) is 4.49. The van der Waals surface area contributed by atoms with E-state index in [9.17, 15) is 0 Å². The van der Waals surface area contributed by atoms with Crippen LogP contribution in [0.5, 0.6) is 0 Å².